The standard InChI is InChI=1S/C13H18N4S/c1-9(2)12-16-13(18-17-12)15-8-11-5-3-4-10(6-11)7-14/h3-6,9H,7-8,14H2,1-2H3,(H,15,16,17). The van der Waals surface area contributed by atoms with Crippen LogP contribution in [0.2, 0.25) is 0 Å². The van der Waals surface area contributed by atoms with Crippen LogP contribution in [0.4, 0.5) is 5.13 Å². The summed E-state index contributed by atoms with van der Waals surface area (Å²) in [4.78, 5) is 4.44. The number of hydrogen-bond acceptors (Lipinski definition) is 5. The molecule has 1 aromatic carbocycles. The number of nitrogens with one attached hydrogen (secondary N) is 1. The van der Waals surface area contributed by atoms with E-state index in [-0.39, 0.29) is 0 Å². The van der Waals surface area contributed by atoms with Crippen molar-refractivity contribution in [3.8, 4) is 0 Å². The predicted octanol–water partition coefficient (Wildman–Crippen LogP) is 2.73. The number of benzene rings is 1. The Morgan fingerprint density at radius 2 is 2.11 bits per heavy atom. The SMILES string of the molecule is CC(C)c1nsc(NCc2cccc(CN)c2)n1. The van der Waals surface area contributed by atoms with Crippen molar-refractivity contribution >= 4 is 16.7 Å². The lowest BCUT2D eigenvalue weighted by molar-refractivity contribution is 0.799. The van der Waals surface area contributed by atoms with E-state index in [4.69, 9.17) is 5.73 Å². The highest BCUT2D eigenvalue weighted by Crippen LogP contribution is 2.18. The molecule has 1 heterocycles. The zero-order valence-electron chi connectivity index (χ0n) is 10.7. The Labute approximate surface area is 111 Å². The van der Waals surface area contributed by atoms with Crippen molar-refractivity contribution in [1.29, 1.82) is 0 Å². The number of hydrogen-bond donors (Lipinski definition) is 2. The second-order valence-electron chi connectivity index (χ2n) is 4.49. The van der Waals surface area contributed by atoms with Crippen molar-refractivity contribution in [2.24, 2.45) is 5.73 Å². The second-order valence-corrected chi connectivity index (χ2v) is 5.24. The van der Waals surface area contributed by atoms with Gasteiger partial charge in [0.2, 0.25) is 5.13 Å². The van der Waals surface area contributed by atoms with E-state index in [1.165, 1.54) is 17.1 Å². The van der Waals surface area contributed by atoms with E-state index in [2.05, 4.69) is 40.7 Å². The fraction of sp³-hybridized carbons (Fsp3) is 0.385. The van der Waals surface area contributed by atoms with Gasteiger partial charge < -0.3 is 11.1 Å². The molecule has 96 valence electrons. The van der Waals surface area contributed by atoms with Gasteiger partial charge in [-0.25, -0.2) is 4.98 Å². The molecule has 1 aromatic heterocycles. The molecule has 4 nitrogen and oxygen atoms in total. The van der Waals surface area contributed by atoms with E-state index in [9.17, 15) is 0 Å². The Hall–Kier alpha value is -1.46. The highest BCUT2D eigenvalue weighted by molar-refractivity contribution is 7.09. The van der Waals surface area contributed by atoms with Gasteiger partial charge in [-0.3, -0.25) is 0 Å². The molecule has 0 amide bonds. The van der Waals surface area contributed by atoms with Crippen LogP contribution >= 0.6 is 11.5 Å². The molecule has 0 aliphatic rings. The minimum Gasteiger partial charge on any atom is -0.356 e. The van der Waals surface area contributed by atoms with Crippen LogP contribution in [-0.4, -0.2) is 9.36 Å². The molecule has 18 heavy (non-hydrogen) atoms. The van der Waals surface area contributed by atoms with Gasteiger partial charge in [0.25, 0.3) is 0 Å². The van der Waals surface area contributed by atoms with Crippen molar-refractivity contribution in [3.63, 3.8) is 0 Å². The molecule has 0 aliphatic carbocycles. The van der Waals surface area contributed by atoms with Crippen molar-refractivity contribution in [3.05, 3.63) is 41.2 Å². The topological polar surface area (TPSA) is 63.8 Å². The summed E-state index contributed by atoms with van der Waals surface area (Å²) >= 11 is 1.41. The van der Waals surface area contributed by atoms with Gasteiger partial charge in [-0.05, 0) is 11.1 Å². The largest absolute Gasteiger partial charge is 0.356 e. The molecule has 0 bridgehead atoms. The van der Waals surface area contributed by atoms with E-state index in [1.807, 2.05) is 12.1 Å². The average molecular weight is 262 g/mol. The van der Waals surface area contributed by atoms with E-state index >= 15 is 0 Å². The molecule has 0 aliphatic heterocycles. The highest BCUT2D eigenvalue weighted by Gasteiger charge is 2.07. The maximum Gasteiger partial charge on any atom is 0.202 e. The number of aromatic nitrogens is 2. The number of nitrogens with two attached hydrogens (primary N) is 1. The van der Waals surface area contributed by atoms with Gasteiger partial charge in [-0.2, -0.15) is 4.37 Å². The van der Waals surface area contributed by atoms with E-state index in [0.29, 0.717) is 12.5 Å². The van der Waals surface area contributed by atoms with E-state index in [1.54, 1.807) is 0 Å². The van der Waals surface area contributed by atoms with Crippen molar-refractivity contribution < 1.29 is 0 Å². The molecule has 2 aromatic rings. The first kappa shape index (κ1) is 13.0. The van der Waals surface area contributed by atoms with Gasteiger partial charge in [0.15, 0.2) is 0 Å². The zero-order valence-corrected chi connectivity index (χ0v) is 11.5. The van der Waals surface area contributed by atoms with Crippen LogP contribution < -0.4 is 11.1 Å². The molecule has 3 N–H and O–H groups in total. The van der Waals surface area contributed by atoms with Gasteiger partial charge in [-0.1, -0.05) is 38.1 Å². The van der Waals surface area contributed by atoms with Gasteiger partial charge in [0, 0.05) is 30.5 Å². The Kier molecular flexibility index (Phi) is 4.28. The Bertz CT molecular complexity index is 507. The summed E-state index contributed by atoms with van der Waals surface area (Å²) in [6.45, 7) is 5.51. The third kappa shape index (κ3) is 3.27. The van der Waals surface area contributed by atoms with Gasteiger partial charge >= 0.3 is 0 Å². The average Bonchev–Trinajstić information content (AvgIpc) is 2.85. The van der Waals surface area contributed by atoms with E-state index in [0.717, 1.165) is 23.1 Å². The van der Waals surface area contributed by atoms with Crippen LogP contribution in [0.3, 0.4) is 0 Å². The minimum atomic E-state index is 0.373. The number of nitrogens with zero attached hydrogens (tertiary/aromatic N) is 2. The minimum absolute atomic E-state index is 0.373. The Morgan fingerprint density at radius 1 is 1.33 bits per heavy atom. The maximum atomic E-state index is 5.62. The summed E-state index contributed by atoms with van der Waals surface area (Å²) in [6, 6.07) is 8.25. The summed E-state index contributed by atoms with van der Waals surface area (Å²) in [5.41, 5.74) is 7.98. The second kappa shape index (κ2) is 5.93. The Morgan fingerprint density at radius 3 is 2.78 bits per heavy atom. The molecular formula is C13H18N4S. The third-order valence-corrected chi connectivity index (χ3v) is 3.32. The Balaban J connectivity index is 1.97. The molecule has 0 spiro atoms. The first-order valence-electron chi connectivity index (χ1n) is 6.04. The molecule has 0 fully saturated rings. The van der Waals surface area contributed by atoms with Crippen LogP contribution in [0.1, 0.15) is 36.7 Å². The summed E-state index contributed by atoms with van der Waals surface area (Å²) in [5, 5.41) is 4.16. The van der Waals surface area contributed by atoms with Gasteiger partial charge in [0.1, 0.15) is 5.82 Å². The van der Waals surface area contributed by atoms with Crippen molar-refractivity contribution in [1.82, 2.24) is 9.36 Å². The smallest absolute Gasteiger partial charge is 0.202 e. The van der Waals surface area contributed by atoms with E-state index < -0.39 is 0 Å². The molecule has 0 radical (unpaired) electrons. The molecule has 5 heteroatoms. The van der Waals surface area contributed by atoms with Crippen LogP contribution in [0.15, 0.2) is 24.3 Å². The molecule has 2 rings (SSSR count). The normalized spacial score (nSPS) is 10.9. The third-order valence-electron chi connectivity index (χ3n) is 2.63. The number of rotatable bonds is 5. The quantitative estimate of drug-likeness (QED) is 0.869. The predicted molar refractivity (Wildman–Crippen MR) is 75.7 cm³/mol. The fourth-order valence-corrected chi connectivity index (χ4v) is 2.29. The molecule has 0 atom stereocenters. The summed E-state index contributed by atoms with van der Waals surface area (Å²) < 4.78 is 4.31. The maximum absolute atomic E-state index is 5.62. The summed E-state index contributed by atoms with van der Waals surface area (Å²) in [7, 11) is 0. The number of anilines is 1. The highest BCUT2D eigenvalue weighted by atomic mass is 32.1. The molecule has 0 saturated carbocycles. The zero-order chi connectivity index (χ0) is 13.0. The van der Waals surface area contributed by atoms with Crippen molar-refractivity contribution in [2.45, 2.75) is 32.9 Å². The fourth-order valence-electron chi connectivity index (χ4n) is 1.59. The van der Waals surface area contributed by atoms with Crippen molar-refractivity contribution in [2.75, 3.05) is 5.32 Å². The van der Waals surface area contributed by atoms with Gasteiger partial charge in [0.05, 0.1) is 0 Å². The van der Waals surface area contributed by atoms with Crippen LogP contribution in [0, 0.1) is 0 Å². The lowest BCUT2D eigenvalue weighted by Crippen LogP contribution is -2.02. The summed E-state index contributed by atoms with van der Waals surface area (Å²) in [5.74, 6) is 1.27. The van der Waals surface area contributed by atoms with Crippen LogP contribution in [-0.2, 0) is 13.1 Å². The lowest BCUT2D eigenvalue weighted by Gasteiger charge is -2.04. The lowest BCUT2D eigenvalue weighted by atomic mass is 10.1. The monoisotopic (exact) mass is 262 g/mol. The molecular weight excluding hydrogens is 244 g/mol. The molecule has 0 saturated heterocycles. The first-order chi connectivity index (χ1) is 8.69. The first-order valence-corrected chi connectivity index (χ1v) is 6.81. The van der Waals surface area contributed by atoms with Crippen LogP contribution in [0.5, 0.6) is 0 Å². The van der Waals surface area contributed by atoms with Gasteiger partial charge in [-0.15, -0.1) is 0 Å². The van der Waals surface area contributed by atoms with Crippen LogP contribution in [0.25, 0.3) is 0 Å². The summed E-state index contributed by atoms with van der Waals surface area (Å²) in [6.07, 6.45) is 0. The molecule has 0 unspecified atom stereocenters.